The molecule has 0 N–H and O–H groups in total. The summed E-state index contributed by atoms with van der Waals surface area (Å²) in [6.07, 6.45) is 4.57. The molecule has 5 nitrogen and oxygen atoms in total. The summed E-state index contributed by atoms with van der Waals surface area (Å²) in [7, 11) is -1.08. The number of hydrogen-bond donors (Lipinski definition) is 0. The van der Waals surface area contributed by atoms with E-state index in [1.54, 1.807) is 29.2 Å². The minimum atomic E-state index is -1.08. The monoisotopic (exact) mass is 374 g/mol. The summed E-state index contributed by atoms with van der Waals surface area (Å²) in [6, 6.07) is 8.73. The lowest BCUT2D eigenvalue weighted by Gasteiger charge is -2.48. The SMILES string of the molecule is CC(C)[S@](=O)c1ccc(C(=O)N2CCC[C@@]3(CCCCO3)[C@@H]2C#N)cc1. The zero-order chi connectivity index (χ0) is 18.7. The molecular weight excluding hydrogens is 348 g/mol. The highest BCUT2D eigenvalue weighted by atomic mass is 32.2. The molecule has 26 heavy (non-hydrogen) atoms. The van der Waals surface area contributed by atoms with Crippen molar-refractivity contribution in [3.05, 3.63) is 29.8 Å². The molecule has 2 fully saturated rings. The van der Waals surface area contributed by atoms with Crippen LogP contribution in [0.25, 0.3) is 0 Å². The Balaban J connectivity index is 1.82. The molecule has 2 aliphatic heterocycles. The highest BCUT2D eigenvalue weighted by Crippen LogP contribution is 2.38. The molecule has 3 atom stereocenters. The summed E-state index contributed by atoms with van der Waals surface area (Å²) >= 11 is 0. The molecule has 2 heterocycles. The quantitative estimate of drug-likeness (QED) is 0.814. The topological polar surface area (TPSA) is 70.4 Å². The van der Waals surface area contributed by atoms with Crippen molar-refractivity contribution in [3.63, 3.8) is 0 Å². The smallest absolute Gasteiger partial charge is 0.255 e. The predicted octanol–water partition coefficient (Wildman–Crippen LogP) is 3.27. The van der Waals surface area contributed by atoms with Gasteiger partial charge in [-0.2, -0.15) is 5.26 Å². The largest absolute Gasteiger partial charge is 0.372 e. The van der Waals surface area contributed by atoms with Crippen LogP contribution in [0.4, 0.5) is 0 Å². The third-order valence-electron chi connectivity index (χ3n) is 5.34. The molecule has 0 aromatic heterocycles. The summed E-state index contributed by atoms with van der Waals surface area (Å²) in [5.41, 5.74) is 0.0163. The van der Waals surface area contributed by atoms with E-state index in [-0.39, 0.29) is 11.2 Å². The molecule has 0 saturated carbocycles. The number of piperidine rings is 1. The van der Waals surface area contributed by atoms with Crippen LogP contribution in [0.3, 0.4) is 0 Å². The fourth-order valence-electron chi connectivity index (χ4n) is 3.96. The van der Waals surface area contributed by atoms with Gasteiger partial charge < -0.3 is 9.64 Å². The van der Waals surface area contributed by atoms with Gasteiger partial charge in [0.1, 0.15) is 11.6 Å². The maximum Gasteiger partial charge on any atom is 0.255 e. The molecule has 3 rings (SSSR count). The Labute approximate surface area is 157 Å². The van der Waals surface area contributed by atoms with E-state index in [2.05, 4.69) is 6.07 Å². The summed E-state index contributed by atoms with van der Waals surface area (Å²) in [5.74, 6) is -0.147. The molecule has 2 aliphatic rings. The molecule has 6 heteroatoms. The van der Waals surface area contributed by atoms with Crippen molar-refractivity contribution in [1.82, 2.24) is 4.90 Å². The van der Waals surface area contributed by atoms with Gasteiger partial charge in [-0.15, -0.1) is 0 Å². The van der Waals surface area contributed by atoms with Crippen molar-refractivity contribution >= 4 is 16.7 Å². The van der Waals surface area contributed by atoms with Crippen LogP contribution in [0, 0.1) is 11.3 Å². The van der Waals surface area contributed by atoms with Gasteiger partial charge in [0.05, 0.1) is 16.9 Å². The first-order chi connectivity index (χ1) is 12.5. The van der Waals surface area contributed by atoms with Gasteiger partial charge in [-0.1, -0.05) is 13.8 Å². The molecular formula is C20H26N2O3S. The second-order valence-electron chi connectivity index (χ2n) is 7.37. The average molecular weight is 375 g/mol. The van der Waals surface area contributed by atoms with E-state index in [9.17, 15) is 14.3 Å². The van der Waals surface area contributed by atoms with Gasteiger partial charge in [-0.05, 0) is 56.4 Å². The summed E-state index contributed by atoms with van der Waals surface area (Å²) in [4.78, 5) is 15.4. The Morgan fingerprint density at radius 1 is 1.27 bits per heavy atom. The third-order valence-corrected chi connectivity index (χ3v) is 6.93. The van der Waals surface area contributed by atoms with E-state index >= 15 is 0 Å². The van der Waals surface area contributed by atoms with Crippen LogP contribution in [0.15, 0.2) is 29.2 Å². The second kappa shape index (κ2) is 7.89. The normalized spacial score (nSPS) is 27.3. The molecule has 0 unspecified atom stereocenters. The van der Waals surface area contributed by atoms with Crippen LogP contribution in [0.2, 0.25) is 0 Å². The highest BCUT2D eigenvalue weighted by molar-refractivity contribution is 7.85. The van der Waals surface area contributed by atoms with Crippen molar-refractivity contribution in [1.29, 1.82) is 5.26 Å². The number of carbonyl (C=O) groups excluding carboxylic acids is 1. The van der Waals surface area contributed by atoms with E-state index in [4.69, 9.17) is 4.74 Å². The van der Waals surface area contributed by atoms with Crippen molar-refractivity contribution in [3.8, 4) is 6.07 Å². The van der Waals surface area contributed by atoms with Gasteiger partial charge in [0.25, 0.3) is 5.91 Å². The molecule has 1 amide bonds. The van der Waals surface area contributed by atoms with Crippen LogP contribution >= 0.6 is 0 Å². The van der Waals surface area contributed by atoms with Crippen LogP contribution < -0.4 is 0 Å². The van der Waals surface area contributed by atoms with E-state index in [1.165, 1.54) is 0 Å². The van der Waals surface area contributed by atoms with Crippen LogP contribution in [0.1, 0.15) is 56.3 Å². The molecule has 0 bridgehead atoms. The first-order valence-electron chi connectivity index (χ1n) is 9.34. The van der Waals surface area contributed by atoms with E-state index in [0.29, 0.717) is 18.7 Å². The number of likely N-dealkylation sites (tertiary alicyclic amines) is 1. The maximum atomic E-state index is 13.1. The van der Waals surface area contributed by atoms with Gasteiger partial charge in [-0.25, -0.2) is 0 Å². The lowest BCUT2D eigenvalue weighted by atomic mass is 9.79. The van der Waals surface area contributed by atoms with E-state index < -0.39 is 22.4 Å². The highest BCUT2D eigenvalue weighted by Gasteiger charge is 2.48. The number of nitriles is 1. The first kappa shape index (κ1) is 19.1. The fourth-order valence-corrected chi connectivity index (χ4v) is 4.91. The Bertz CT molecular complexity index is 712. The molecule has 1 spiro atoms. The lowest BCUT2D eigenvalue weighted by molar-refractivity contribution is -0.128. The predicted molar refractivity (Wildman–Crippen MR) is 100 cm³/mol. The van der Waals surface area contributed by atoms with E-state index in [0.717, 1.165) is 37.0 Å². The lowest BCUT2D eigenvalue weighted by Crippen LogP contribution is -2.60. The summed E-state index contributed by atoms with van der Waals surface area (Å²) in [5, 5.41) is 9.82. The van der Waals surface area contributed by atoms with Crippen molar-refractivity contribution in [2.45, 2.75) is 67.7 Å². The summed E-state index contributed by atoms with van der Waals surface area (Å²) < 4.78 is 18.2. The number of carbonyl (C=O) groups is 1. The zero-order valence-electron chi connectivity index (χ0n) is 15.4. The van der Waals surface area contributed by atoms with Crippen LogP contribution in [-0.2, 0) is 15.5 Å². The van der Waals surface area contributed by atoms with Gasteiger partial charge in [0.15, 0.2) is 0 Å². The van der Waals surface area contributed by atoms with Crippen molar-refractivity contribution in [2.75, 3.05) is 13.2 Å². The average Bonchev–Trinajstić information content (AvgIpc) is 2.67. The molecule has 1 aromatic carbocycles. The summed E-state index contributed by atoms with van der Waals surface area (Å²) in [6.45, 7) is 5.05. The molecule has 140 valence electrons. The van der Waals surface area contributed by atoms with Crippen LogP contribution in [-0.4, -0.2) is 45.1 Å². The van der Waals surface area contributed by atoms with Crippen molar-refractivity contribution < 1.29 is 13.7 Å². The first-order valence-corrected chi connectivity index (χ1v) is 10.5. The minimum Gasteiger partial charge on any atom is -0.372 e. The Morgan fingerprint density at radius 2 is 1.96 bits per heavy atom. The zero-order valence-corrected chi connectivity index (χ0v) is 16.3. The standard InChI is InChI=1S/C20H26N2O3S/c1-15(2)26(24)17-8-6-16(7-9-17)19(23)22-12-5-11-20(18(22)14-21)10-3-4-13-25-20/h6-9,15,18H,3-5,10-13H2,1-2H3/t18-,20-,26-/m0/s1. The van der Waals surface area contributed by atoms with E-state index in [1.807, 2.05) is 13.8 Å². The minimum absolute atomic E-state index is 0.0323. The molecule has 1 aromatic rings. The Hall–Kier alpha value is -1.71. The molecule has 0 aliphatic carbocycles. The maximum absolute atomic E-state index is 13.1. The number of nitrogens with zero attached hydrogens (tertiary/aromatic N) is 2. The second-order valence-corrected chi connectivity index (χ2v) is 9.38. The van der Waals surface area contributed by atoms with Gasteiger partial charge in [-0.3, -0.25) is 9.00 Å². The Kier molecular flexibility index (Phi) is 5.79. The van der Waals surface area contributed by atoms with Gasteiger partial charge >= 0.3 is 0 Å². The number of ether oxygens (including phenoxy) is 1. The van der Waals surface area contributed by atoms with Crippen molar-refractivity contribution in [2.24, 2.45) is 0 Å². The van der Waals surface area contributed by atoms with Gasteiger partial charge in [0.2, 0.25) is 0 Å². The molecule has 2 saturated heterocycles. The third kappa shape index (κ3) is 3.56. The fraction of sp³-hybridized carbons (Fsp3) is 0.600. The van der Waals surface area contributed by atoms with Gasteiger partial charge in [0, 0.05) is 28.9 Å². The molecule has 0 radical (unpaired) electrons. The Morgan fingerprint density at radius 3 is 2.54 bits per heavy atom. The number of hydrogen-bond acceptors (Lipinski definition) is 4. The number of rotatable bonds is 3. The number of benzene rings is 1. The number of amides is 1. The van der Waals surface area contributed by atoms with Crippen LogP contribution in [0.5, 0.6) is 0 Å².